The molecule has 0 aliphatic heterocycles. The third-order valence-corrected chi connectivity index (χ3v) is 4.43. The van der Waals surface area contributed by atoms with Gasteiger partial charge in [0, 0.05) is 44.3 Å². The smallest absolute Gasteiger partial charge is 0.268 e. The standard InChI is InChI=1S/C24H24N4O2/c1-28(2)21-12-10-18(11-13-21)15-22(27-23(29)20-8-4-3-5-9-20)24(30)26-17-19-7-6-14-25-16-19/h3-16H,17H2,1-2H3,(H,26,30)(H,27,29)/b22-15+. The molecule has 2 N–H and O–H groups in total. The molecular formula is C24H24N4O2. The van der Waals surface area contributed by atoms with Crippen molar-refractivity contribution in [2.45, 2.75) is 6.54 Å². The summed E-state index contributed by atoms with van der Waals surface area (Å²) >= 11 is 0. The molecule has 1 heterocycles. The molecule has 0 bridgehead atoms. The normalized spacial score (nSPS) is 10.9. The first-order chi connectivity index (χ1) is 14.5. The number of amides is 2. The number of anilines is 1. The van der Waals surface area contributed by atoms with Crippen molar-refractivity contribution in [3.63, 3.8) is 0 Å². The zero-order chi connectivity index (χ0) is 21.3. The van der Waals surface area contributed by atoms with Crippen molar-refractivity contribution >= 4 is 23.6 Å². The van der Waals surface area contributed by atoms with E-state index < -0.39 is 0 Å². The lowest BCUT2D eigenvalue weighted by molar-refractivity contribution is -0.117. The van der Waals surface area contributed by atoms with Crippen molar-refractivity contribution < 1.29 is 9.59 Å². The van der Waals surface area contributed by atoms with Crippen LogP contribution in [-0.2, 0) is 11.3 Å². The first kappa shape index (κ1) is 20.8. The van der Waals surface area contributed by atoms with Crippen LogP contribution in [0.2, 0.25) is 0 Å². The van der Waals surface area contributed by atoms with Crippen LogP contribution in [0, 0.1) is 0 Å². The Balaban J connectivity index is 1.81. The summed E-state index contributed by atoms with van der Waals surface area (Å²) in [4.78, 5) is 31.5. The quantitative estimate of drug-likeness (QED) is 0.597. The predicted octanol–water partition coefficient (Wildman–Crippen LogP) is 3.23. The molecule has 0 aliphatic rings. The fourth-order valence-corrected chi connectivity index (χ4v) is 2.76. The summed E-state index contributed by atoms with van der Waals surface area (Å²) in [6, 6.07) is 20.2. The van der Waals surface area contributed by atoms with Gasteiger partial charge in [0.2, 0.25) is 0 Å². The zero-order valence-corrected chi connectivity index (χ0v) is 17.0. The van der Waals surface area contributed by atoms with Gasteiger partial charge < -0.3 is 15.5 Å². The lowest BCUT2D eigenvalue weighted by atomic mass is 10.1. The van der Waals surface area contributed by atoms with Gasteiger partial charge in [-0.2, -0.15) is 0 Å². The zero-order valence-electron chi connectivity index (χ0n) is 17.0. The molecule has 6 heteroatoms. The summed E-state index contributed by atoms with van der Waals surface area (Å²) in [7, 11) is 3.92. The summed E-state index contributed by atoms with van der Waals surface area (Å²) in [5.41, 5.74) is 3.37. The van der Waals surface area contributed by atoms with Crippen LogP contribution in [0.25, 0.3) is 6.08 Å². The van der Waals surface area contributed by atoms with Gasteiger partial charge in [-0.05, 0) is 47.5 Å². The molecule has 1 aromatic heterocycles. The molecule has 0 atom stereocenters. The Bertz CT molecular complexity index is 1010. The van der Waals surface area contributed by atoms with Crippen LogP contribution in [0.5, 0.6) is 0 Å². The monoisotopic (exact) mass is 400 g/mol. The number of nitrogens with one attached hydrogen (secondary N) is 2. The highest BCUT2D eigenvalue weighted by atomic mass is 16.2. The Morgan fingerprint density at radius 2 is 1.70 bits per heavy atom. The highest BCUT2D eigenvalue weighted by Gasteiger charge is 2.14. The van der Waals surface area contributed by atoms with E-state index in [-0.39, 0.29) is 17.5 Å². The fraction of sp³-hybridized carbons (Fsp3) is 0.125. The van der Waals surface area contributed by atoms with Crippen LogP contribution in [0.1, 0.15) is 21.5 Å². The van der Waals surface area contributed by atoms with E-state index in [1.54, 1.807) is 42.7 Å². The Morgan fingerprint density at radius 1 is 0.967 bits per heavy atom. The van der Waals surface area contributed by atoms with Gasteiger partial charge in [0.1, 0.15) is 5.70 Å². The number of carbonyl (C=O) groups is 2. The number of nitrogens with zero attached hydrogens (tertiary/aromatic N) is 2. The molecule has 0 fully saturated rings. The largest absolute Gasteiger partial charge is 0.378 e. The van der Waals surface area contributed by atoms with Crippen molar-refractivity contribution in [2.24, 2.45) is 0 Å². The number of pyridine rings is 1. The van der Waals surface area contributed by atoms with E-state index in [2.05, 4.69) is 15.6 Å². The molecule has 3 rings (SSSR count). The summed E-state index contributed by atoms with van der Waals surface area (Å²) in [5, 5.41) is 5.57. The van der Waals surface area contributed by atoms with Gasteiger partial charge in [0.05, 0.1) is 0 Å². The molecule has 6 nitrogen and oxygen atoms in total. The van der Waals surface area contributed by atoms with Crippen molar-refractivity contribution in [1.82, 2.24) is 15.6 Å². The van der Waals surface area contributed by atoms with E-state index in [0.29, 0.717) is 12.1 Å². The van der Waals surface area contributed by atoms with E-state index in [4.69, 9.17) is 0 Å². The fourth-order valence-electron chi connectivity index (χ4n) is 2.76. The maximum Gasteiger partial charge on any atom is 0.268 e. The van der Waals surface area contributed by atoms with Crippen molar-refractivity contribution in [3.8, 4) is 0 Å². The third-order valence-electron chi connectivity index (χ3n) is 4.43. The number of benzene rings is 2. The number of aromatic nitrogens is 1. The number of rotatable bonds is 7. The second-order valence-corrected chi connectivity index (χ2v) is 6.91. The molecule has 0 spiro atoms. The Hall–Kier alpha value is -3.93. The first-order valence-corrected chi connectivity index (χ1v) is 9.55. The molecule has 0 aliphatic carbocycles. The van der Waals surface area contributed by atoms with Crippen LogP contribution in [0.4, 0.5) is 5.69 Å². The topological polar surface area (TPSA) is 74.3 Å². The maximum atomic E-state index is 12.8. The molecule has 0 saturated heterocycles. The molecule has 2 amide bonds. The van der Waals surface area contributed by atoms with Gasteiger partial charge in [0.25, 0.3) is 11.8 Å². The van der Waals surface area contributed by atoms with Crippen molar-refractivity contribution in [1.29, 1.82) is 0 Å². The van der Waals surface area contributed by atoms with E-state index in [9.17, 15) is 9.59 Å². The second-order valence-electron chi connectivity index (χ2n) is 6.91. The summed E-state index contributed by atoms with van der Waals surface area (Å²) in [6.45, 7) is 0.310. The van der Waals surface area contributed by atoms with Crippen LogP contribution in [0.3, 0.4) is 0 Å². The first-order valence-electron chi connectivity index (χ1n) is 9.55. The van der Waals surface area contributed by atoms with Crippen LogP contribution in [0.15, 0.2) is 84.8 Å². The number of hydrogen-bond donors (Lipinski definition) is 2. The number of carbonyl (C=O) groups excluding carboxylic acids is 2. The molecule has 2 aromatic carbocycles. The molecule has 152 valence electrons. The Kier molecular flexibility index (Phi) is 6.95. The molecule has 3 aromatic rings. The van der Waals surface area contributed by atoms with E-state index in [1.165, 1.54) is 0 Å². The minimum Gasteiger partial charge on any atom is -0.378 e. The molecule has 0 unspecified atom stereocenters. The average Bonchev–Trinajstić information content (AvgIpc) is 2.78. The van der Waals surface area contributed by atoms with Crippen molar-refractivity contribution in [2.75, 3.05) is 19.0 Å². The Morgan fingerprint density at radius 3 is 2.33 bits per heavy atom. The lowest BCUT2D eigenvalue weighted by Gasteiger charge is -2.13. The van der Waals surface area contributed by atoms with Crippen LogP contribution < -0.4 is 15.5 Å². The van der Waals surface area contributed by atoms with Gasteiger partial charge >= 0.3 is 0 Å². The number of hydrogen-bond acceptors (Lipinski definition) is 4. The average molecular weight is 400 g/mol. The van der Waals surface area contributed by atoms with Gasteiger partial charge in [-0.3, -0.25) is 14.6 Å². The molecular weight excluding hydrogens is 376 g/mol. The highest BCUT2D eigenvalue weighted by Crippen LogP contribution is 2.14. The molecule has 0 saturated carbocycles. The summed E-state index contributed by atoms with van der Waals surface area (Å²) in [5.74, 6) is -0.719. The maximum absolute atomic E-state index is 12.8. The predicted molar refractivity (Wildman–Crippen MR) is 119 cm³/mol. The highest BCUT2D eigenvalue weighted by molar-refractivity contribution is 6.05. The van der Waals surface area contributed by atoms with E-state index >= 15 is 0 Å². The molecule has 0 radical (unpaired) electrons. The minimum absolute atomic E-state index is 0.172. The minimum atomic E-state index is -0.375. The van der Waals surface area contributed by atoms with Gasteiger partial charge in [-0.15, -0.1) is 0 Å². The third kappa shape index (κ3) is 5.78. The van der Waals surface area contributed by atoms with Crippen LogP contribution in [-0.4, -0.2) is 30.9 Å². The lowest BCUT2D eigenvalue weighted by Crippen LogP contribution is -2.34. The summed E-state index contributed by atoms with van der Waals surface area (Å²) in [6.07, 6.45) is 5.03. The van der Waals surface area contributed by atoms with Crippen LogP contribution >= 0.6 is 0 Å². The summed E-state index contributed by atoms with van der Waals surface area (Å²) < 4.78 is 0. The van der Waals surface area contributed by atoms with Crippen molar-refractivity contribution in [3.05, 3.63) is 102 Å². The molecule has 30 heavy (non-hydrogen) atoms. The van der Waals surface area contributed by atoms with Gasteiger partial charge in [-0.1, -0.05) is 36.4 Å². The second kappa shape index (κ2) is 10.0. The van der Waals surface area contributed by atoms with Gasteiger partial charge in [-0.25, -0.2) is 0 Å². The van der Waals surface area contributed by atoms with E-state index in [0.717, 1.165) is 16.8 Å². The SMILES string of the molecule is CN(C)c1ccc(/C=C(/NC(=O)c2ccccc2)C(=O)NCc2cccnc2)cc1. The Labute approximate surface area is 176 Å². The van der Waals surface area contributed by atoms with Gasteiger partial charge in [0.15, 0.2) is 0 Å². The van der Waals surface area contributed by atoms with E-state index in [1.807, 2.05) is 61.5 Å².